The third-order valence-corrected chi connectivity index (χ3v) is 3.82. The van der Waals surface area contributed by atoms with E-state index in [0.717, 1.165) is 31.4 Å². The SMILES string of the molecule is CCC1CCC(CO)(Nc2cccc(F)c2)C1. The molecular formula is C14H20FNO. The van der Waals surface area contributed by atoms with Gasteiger partial charge in [0.2, 0.25) is 0 Å². The number of rotatable bonds is 4. The summed E-state index contributed by atoms with van der Waals surface area (Å²) in [6.07, 6.45) is 4.21. The summed E-state index contributed by atoms with van der Waals surface area (Å²) in [5, 5.41) is 12.9. The van der Waals surface area contributed by atoms with Crippen molar-refractivity contribution in [2.75, 3.05) is 11.9 Å². The first-order valence-electron chi connectivity index (χ1n) is 6.32. The zero-order valence-electron chi connectivity index (χ0n) is 10.2. The molecule has 1 saturated carbocycles. The molecule has 0 aliphatic heterocycles. The number of hydrogen-bond donors (Lipinski definition) is 2. The van der Waals surface area contributed by atoms with Gasteiger partial charge in [0.1, 0.15) is 5.82 Å². The second kappa shape index (κ2) is 5.05. The lowest BCUT2D eigenvalue weighted by molar-refractivity contribution is 0.210. The van der Waals surface area contributed by atoms with E-state index in [9.17, 15) is 9.50 Å². The summed E-state index contributed by atoms with van der Waals surface area (Å²) in [5.74, 6) is 0.427. The van der Waals surface area contributed by atoms with Crippen molar-refractivity contribution in [3.05, 3.63) is 30.1 Å². The van der Waals surface area contributed by atoms with Crippen LogP contribution in [0.5, 0.6) is 0 Å². The van der Waals surface area contributed by atoms with Crippen molar-refractivity contribution in [1.29, 1.82) is 0 Å². The number of hydrogen-bond acceptors (Lipinski definition) is 2. The maximum absolute atomic E-state index is 13.1. The smallest absolute Gasteiger partial charge is 0.125 e. The molecule has 0 saturated heterocycles. The van der Waals surface area contributed by atoms with Crippen LogP contribution >= 0.6 is 0 Å². The normalized spacial score (nSPS) is 28.3. The predicted molar refractivity (Wildman–Crippen MR) is 67.5 cm³/mol. The van der Waals surface area contributed by atoms with E-state index in [1.165, 1.54) is 12.1 Å². The second-order valence-electron chi connectivity index (χ2n) is 5.09. The molecule has 2 nitrogen and oxygen atoms in total. The fraction of sp³-hybridized carbons (Fsp3) is 0.571. The van der Waals surface area contributed by atoms with Crippen molar-refractivity contribution in [2.24, 2.45) is 5.92 Å². The second-order valence-corrected chi connectivity index (χ2v) is 5.09. The van der Waals surface area contributed by atoms with E-state index in [4.69, 9.17) is 0 Å². The largest absolute Gasteiger partial charge is 0.394 e. The molecule has 2 atom stereocenters. The van der Waals surface area contributed by atoms with Crippen LogP contribution in [0.15, 0.2) is 24.3 Å². The fourth-order valence-corrected chi connectivity index (χ4v) is 2.75. The van der Waals surface area contributed by atoms with Crippen molar-refractivity contribution in [1.82, 2.24) is 0 Å². The standard InChI is InChI=1S/C14H20FNO/c1-2-11-6-7-14(9-11,10-17)16-13-5-3-4-12(15)8-13/h3-5,8,11,16-17H,2,6-7,9-10H2,1H3. The Bertz CT molecular complexity index is 382. The zero-order chi connectivity index (χ0) is 12.3. The number of anilines is 1. The molecule has 0 amide bonds. The number of benzene rings is 1. The van der Waals surface area contributed by atoms with E-state index >= 15 is 0 Å². The molecule has 1 aromatic rings. The first kappa shape index (κ1) is 12.4. The van der Waals surface area contributed by atoms with Crippen LogP contribution in [0.3, 0.4) is 0 Å². The van der Waals surface area contributed by atoms with Gasteiger partial charge in [0.25, 0.3) is 0 Å². The lowest BCUT2D eigenvalue weighted by atomic mass is 9.95. The molecular weight excluding hydrogens is 217 g/mol. The van der Waals surface area contributed by atoms with Crippen LogP contribution < -0.4 is 5.32 Å². The van der Waals surface area contributed by atoms with Gasteiger partial charge >= 0.3 is 0 Å². The predicted octanol–water partition coefficient (Wildman–Crippen LogP) is 3.18. The number of nitrogens with one attached hydrogen (secondary N) is 1. The summed E-state index contributed by atoms with van der Waals surface area (Å²) >= 11 is 0. The Balaban J connectivity index is 2.10. The zero-order valence-corrected chi connectivity index (χ0v) is 10.2. The lowest BCUT2D eigenvalue weighted by Gasteiger charge is -2.30. The summed E-state index contributed by atoms with van der Waals surface area (Å²) in [6, 6.07) is 6.45. The fourth-order valence-electron chi connectivity index (χ4n) is 2.75. The highest BCUT2D eigenvalue weighted by Gasteiger charge is 2.37. The first-order chi connectivity index (χ1) is 8.17. The van der Waals surface area contributed by atoms with Crippen LogP contribution in [0.1, 0.15) is 32.6 Å². The molecule has 3 heteroatoms. The summed E-state index contributed by atoms with van der Waals surface area (Å²) in [6.45, 7) is 2.29. The Morgan fingerprint density at radius 1 is 1.53 bits per heavy atom. The maximum Gasteiger partial charge on any atom is 0.125 e. The highest BCUT2D eigenvalue weighted by atomic mass is 19.1. The van der Waals surface area contributed by atoms with Gasteiger partial charge in [-0.15, -0.1) is 0 Å². The lowest BCUT2D eigenvalue weighted by Crippen LogP contribution is -2.39. The molecule has 0 bridgehead atoms. The van der Waals surface area contributed by atoms with Crippen LogP contribution in [0.25, 0.3) is 0 Å². The monoisotopic (exact) mass is 237 g/mol. The molecule has 17 heavy (non-hydrogen) atoms. The molecule has 1 aromatic carbocycles. The van der Waals surface area contributed by atoms with Crippen molar-refractivity contribution < 1.29 is 9.50 Å². The highest BCUT2D eigenvalue weighted by molar-refractivity contribution is 5.46. The Morgan fingerprint density at radius 3 is 2.94 bits per heavy atom. The third-order valence-electron chi connectivity index (χ3n) is 3.82. The molecule has 1 fully saturated rings. The van der Waals surface area contributed by atoms with E-state index in [1.54, 1.807) is 6.07 Å². The van der Waals surface area contributed by atoms with Gasteiger partial charge in [-0.1, -0.05) is 19.4 Å². The summed E-state index contributed by atoms with van der Waals surface area (Å²) < 4.78 is 13.1. The van der Waals surface area contributed by atoms with Crippen molar-refractivity contribution in [3.63, 3.8) is 0 Å². The molecule has 0 spiro atoms. The average Bonchev–Trinajstić information content (AvgIpc) is 2.73. The Labute approximate surface area is 102 Å². The van der Waals surface area contributed by atoms with Gasteiger partial charge in [0.05, 0.1) is 12.1 Å². The maximum atomic E-state index is 13.1. The topological polar surface area (TPSA) is 32.3 Å². The minimum atomic E-state index is -0.255. The average molecular weight is 237 g/mol. The Morgan fingerprint density at radius 2 is 2.35 bits per heavy atom. The number of halogens is 1. The first-order valence-corrected chi connectivity index (χ1v) is 6.32. The molecule has 0 aromatic heterocycles. The van der Waals surface area contributed by atoms with E-state index in [2.05, 4.69) is 12.2 Å². The number of aliphatic hydroxyl groups excluding tert-OH is 1. The molecule has 0 heterocycles. The van der Waals surface area contributed by atoms with E-state index in [-0.39, 0.29) is 18.0 Å². The molecule has 2 unspecified atom stereocenters. The van der Waals surface area contributed by atoms with E-state index in [0.29, 0.717) is 5.92 Å². The van der Waals surface area contributed by atoms with E-state index < -0.39 is 0 Å². The van der Waals surface area contributed by atoms with Crippen LogP contribution in [0.2, 0.25) is 0 Å². The Hall–Kier alpha value is -1.09. The third kappa shape index (κ3) is 2.78. The van der Waals surface area contributed by atoms with E-state index in [1.807, 2.05) is 6.07 Å². The van der Waals surface area contributed by atoms with Crippen molar-refractivity contribution in [2.45, 2.75) is 38.1 Å². The molecule has 1 aliphatic carbocycles. The van der Waals surface area contributed by atoms with Gasteiger partial charge in [-0.25, -0.2) is 4.39 Å². The Kier molecular flexibility index (Phi) is 3.67. The van der Waals surface area contributed by atoms with Crippen LogP contribution in [0, 0.1) is 11.7 Å². The molecule has 2 N–H and O–H groups in total. The molecule has 2 rings (SSSR count). The van der Waals surface area contributed by atoms with Gasteiger partial charge in [-0.2, -0.15) is 0 Å². The minimum absolute atomic E-state index is 0.111. The van der Waals surface area contributed by atoms with Crippen molar-refractivity contribution in [3.8, 4) is 0 Å². The molecule has 94 valence electrons. The van der Waals surface area contributed by atoms with Gasteiger partial charge in [-0.05, 0) is 43.4 Å². The highest BCUT2D eigenvalue weighted by Crippen LogP contribution is 2.38. The van der Waals surface area contributed by atoms with Gasteiger partial charge in [0, 0.05) is 5.69 Å². The van der Waals surface area contributed by atoms with Crippen LogP contribution in [0.4, 0.5) is 10.1 Å². The van der Waals surface area contributed by atoms with Crippen LogP contribution in [-0.2, 0) is 0 Å². The summed E-state index contributed by atoms with van der Waals surface area (Å²) in [5.41, 5.74) is 0.505. The van der Waals surface area contributed by atoms with Gasteiger partial charge in [-0.3, -0.25) is 0 Å². The molecule has 1 aliphatic rings. The van der Waals surface area contributed by atoms with Gasteiger partial charge in [0.15, 0.2) is 0 Å². The number of aliphatic hydroxyl groups is 1. The summed E-state index contributed by atoms with van der Waals surface area (Å²) in [4.78, 5) is 0. The van der Waals surface area contributed by atoms with Gasteiger partial charge < -0.3 is 10.4 Å². The van der Waals surface area contributed by atoms with Crippen molar-refractivity contribution >= 4 is 5.69 Å². The summed E-state index contributed by atoms with van der Waals surface area (Å²) in [7, 11) is 0. The van der Waals surface area contributed by atoms with Crippen LogP contribution in [-0.4, -0.2) is 17.3 Å². The minimum Gasteiger partial charge on any atom is -0.394 e. The molecule has 0 radical (unpaired) electrons. The quantitative estimate of drug-likeness (QED) is 0.843.